The normalized spacial score (nSPS) is 18.7. The summed E-state index contributed by atoms with van der Waals surface area (Å²) >= 11 is 5.03. The van der Waals surface area contributed by atoms with E-state index < -0.39 is 4.75 Å². The van der Waals surface area contributed by atoms with E-state index in [0.717, 1.165) is 35.4 Å². The van der Waals surface area contributed by atoms with E-state index in [-0.39, 0.29) is 5.91 Å². The van der Waals surface area contributed by atoms with E-state index in [1.165, 1.54) is 6.42 Å². The number of benzene rings is 1. The summed E-state index contributed by atoms with van der Waals surface area (Å²) in [5, 5.41) is 6.44. The fourth-order valence-corrected chi connectivity index (χ4v) is 3.70. The SMILES string of the molecule is CC(C)(Sc1ccc(Br)cc1)C(=O)NCCC1CCNC1. The summed E-state index contributed by atoms with van der Waals surface area (Å²) in [6, 6.07) is 8.08. The molecule has 116 valence electrons. The molecule has 5 heteroatoms. The quantitative estimate of drug-likeness (QED) is 0.753. The molecule has 0 bridgehead atoms. The minimum absolute atomic E-state index is 0.112. The number of amides is 1. The van der Waals surface area contributed by atoms with Crippen molar-refractivity contribution < 1.29 is 4.79 Å². The predicted molar refractivity (Wildman–Crippen MR) is 92.7 cm³/mol. The Morgan fingerprint density at radius 3 is 2.76 bits per heavy atom. The maximum absolute atomic E-state index is 12.4. The van der Waals surface area contributed by atoms with Gasteiger partial charge in [-0.3, -0.25) is 4.79 Å². The Morgan fingerprint density at radius 1 is 1.43 bits per heavy atom. The van der Waals surface area contributed by atoms with Gasteiger partial charge in [0.05, 0.1) is 4.75 Å². The molecule has 1 unspecified atom stereocenters. The molecule has 0 spiro atoms. The third kappa shape index (κ3) is 5.31. The third-order valence-electron chi connectivity index (χ3n) is 3.73. The lowest BCUT2D eigenvalue weighted by Gasteiger charge is -2.23. The Hall–Kier alpha value is -0.520. The fourth-order valence-electron chi connectivity index (χ4n) is 2.41. The number of hydrogen-bond donors (Lipinski definition) is 2. The third-order valence-corrected chi connectivity index (χ3v) is 5.47. The first-order valence-electron chi connectivity index (χ1n) is 7.41. The van der Waals surface area contributed by atoms with E-state index in [2.05, 4.69) is 26.6 Å². The summed E-state index contributed by atoms with van der Waals surface area (Å²) in [6.07, 6.45) is 2.30. The highest BCUT2D eigenvalue weighted by Gasteiger charge is 2.28. The van der Waals surface area contributed by atoms with Gasteiger partial charge in [0, 0.05) is 15.9 Å². The van der Waals surface area contributed by atoms with Gasteiger partial charge < -0.3 is 10.6 Å². The fraction of sp³-hybridized carbons (Fsp3) is 0.562. The van der Waals surface area contributed by atoms with Crippen LogP contribution in [0.2, 0.25) is 0 Å². The maximum atomic E-state index is 12.4. The standard InChI is InChI=1S/C16H23BrN2OS/c1-16(2,21-14-5-3-13(17)4-6-14)15(20)19-10-8-12-7-9-18-11-12/h3-6,12,18H,7-11H2,1-2H3,(H,19,20). The smallest absolute Gasteiger partial charge is 0.236 e. The van der Waals surface area contributed by atoms with Crippen LogP contribution in [-0.4, -0.2) is 30.3 Å². The highest BCUT2D eigenvalue weighted by atomic mass is 79.9. The Balaban J connectivity index is 1.79. The molecule has 1 aliphatic rings. The van der Waals surface area contributed by atoms with Crippen LogP contribution >= 0.6 is 27.7 Å². The summed E-state index contributed by atoms with van der Waals surface area (Å²) in [4.78, 5) is 13.5. The van der Waals surface area contributed by atoms with Crippen LogP contribution in [0.1, 0.15) is 26.7 Å². The summed E-state index contributed by atoms with van der Waals surface area (Å²) in [5.41, 5.74) is 0. The van der Waals surface area contributed by atoms with Crippen molar-refractivity contribution in [3.05, 3.63) is 28.7 Å². The minimum Gasteiger partial charge on any atom is -0.355 e. The summed E-state index contributed by atoms with van der Waals surface area (Å²) < 4.78 is 0.598. The molecule has 0 aliphatic carbocycles. The second-order valence-electron chi connectivity index (χ2n) is 5.97. The minimum atomic E-state index is -0.457. The van der Waals surface area contributed by atoms with Crippen molar-refractivity contribution in [1.82, 2.24) is 10.6 Å². The van der Waals surface area contributed by atoms with Crippen molar-refractivity contribution in [2.75, 3.05) is 19.6 Å². The zero-order valence-electron chi connectivity index (χ0n) is 12.6. The molecule has 1 amide bonds. The largest absolute Gasteiger partial charge is 0.355 e. The van der Waals surface area contributed by atoms with Crippen molar-refractivity contribution >= 4 is 33.6 Å². The van der Waals surface area contributed by atoms with Gasteiger partial charge in [-0.05, 0) is 70.0 Å². The molecule has 3 nitrogen and oxygen atoms in total. The van der Waals surface area contributed by atoms with Crippen LogP contribution in [0.25, 0.3) is 0 Å². The first-order valence-corrected chi connectivity index (χ1v) is 9.02. The van der Waals surface area contributed by atoms with Crippen LogP contribution in [0.15, 0.2) is 33.6 Å². The molecule has 1 fully saturated rings. The van der Waals surface area contributed by atoms with Crippen LogP contribution in [-0.2, 0) is 4.79 Å². The molecule has 1 atom stereocenters. The van der Waals surface area contributed by atoms with Crippen molar-refractivity contribution in [1.29, 1.82) is 0 Å². The van der Waals surface area contributed by atoms with Crippen LogP contribution in [0.5, 0.6) is 0 Å². The van der Waals surface area contributed by atoms with Gasteiger partial charge in [0.25, 0.3) is 0 Å². The molecular formula is C16H23BrN2OS. The Kier molecular flexibility index (Phi) is 6.14. The maximum Gasteiger partial charge on any atom is 0.236 e. The van der Waals surface area contributed by atoms with Crippen molar-refractivity contribution in [2.45, 2.75) is 36.3 Å². The van der Waals surface area contributed by atoms with Crippen LogP contribution in [0, 0.1) is 5.92 Å². The number of halogens is 1. The zero-order chi connectivity index (χ0) is 15.3. The Labute approximate surface area is 139 Å². The molecule has 1 aliphatic heterocycles. The Morgan fingerprint density at radius 2 is 2.14 bits per heavy atom. The van der Waals surface area contributed by atoms with E-state index in [4.69, 9.17) is 0 Å². The molecule has 2 rings (SSSR count). The topological polar surface area (TPSA) is 41.1 Å². The van der Waals surface area contributed by atoms with Gasteiger partial charge in [0.1, 0.15) is 0 Å². The van der Waals surface area contributed by atoms with Gasteiger partial charge in [-0.2, -0.15) is 0 Å². The first-order chi connectivity index (χ1) is 9.97. The van der Waals surface area contributed by atoms with E-state index in [0.29, 0.717) is 5.92 Å². The molecular weight excluding hydrogens is 348 g/mol. The molecule has 21 heavy (non-hydrogen) atoms. The molecule has 0 saturated carbocycles. The molecule has 1 saturated heterocycles. The first kappa shape index (κ1) is 16.8. The van der Waals surface area contributed by atoms with E-state index in [1.807, 2.05) is 38.1 Å². The summed E-state index contributed by atoms with van der Waals surface area (Å²) in [7, 11) is 0. The average molecular weight is 371 g/mol. The highest BCUT2D eigenvalue weighted by Crippen LogP contribution is 2.33. The molecule has 1 aromatic rings. The number of carbonyl (C=O) groups is 1. The second kappa shape index (κ2) is 7.65. The highest BCUT2D eigenvalue weighted by molar-refractivity contribution is 9.10. The van der Waals surface area contributed by atoms with Crippen LogP contribution in [0.3, 0.4) is 0 Å². The molecule has 1 heterocycles. The van der Waals surface area contributed by atoms with Gasteiger partial charge >= 0.3 is 0 Å². The van der Waals surface area contributed by atoms with Crippen LogP contribution in [0.4, 0.5) is 0 Å². The molecule has 1 aromatic carbocycles. The van der Waals surface area contributed by atoms with Gasteiger partial charge in [-0.1, -0.05) is 15.9 Å². The van der Waals surface area contributed by atoms with Gasteiger partial charge in [0.2, 0.25) is 5.91 Å². The number of carbonyl (C=O) groups excluding carboxylic acids is 1. The van der Waals surface area contributed by atoms with Crippen molar-refractivity contribution in [3.63, 3.8) is 0 Å². The van der Waals surface area contributed by atoms with Crippen LogP contribution < -0.4 is 10.6 Å². The lowest BCUT2D eigenvalue weighted by Crippen LogP contribution is -2.40. The lowest BCUT2D eigenvalue weighted by molar-refractivity contribution is -0.122. The molecule has 2 N–H and O–H groups in total. The van der Waals surface area contributed by atoms with E-state index in [1.54, 1.807) is 11.8 Å². The number of rotatable bonds is 6. The Bertz CT molecular complexity index is 470. The van der Waals surface area contributed by atoms with Gasteiger partial charge in [-0.25, -0.2) is 0 Å². The zero-order valence-corrected chi connectivity index (χ0v) is 15.0. The monoisotopic (exact) mass is 370 g/mol. The summed E-state index contributed by atoms with van der Waals surface area (Å²) in [5.74, 6) is 0.828. The number of thioether (sulfide) groups is 1. The van der Waals surface area contributed by atoms with E-state index in [9.17, 15) is 4.79 Å². The lowest BCUT2D eigenvalue weighted by atomic mass is 10.1. The second-order valence-corrected chi connectivity index (χ2v) is 8.58. The van der Waals surface area contributed by atoms with Gasteiger partial charge in [-0.15, -0.1) is 11.8 Å². The summed E-state index contributed by atoms with van der Waals surface area (Å²) in [6.45, 7) is 6.93. The predicted octanol–water partition coefficient (Wildman–Crippen LogP) is 3.44. The van der Waals surface area contributed by atoms with Crippen molar-refractivity contribution in [3.8, 4) is 0 Å². The number of nitrogens with one attached hydrogen (secondary N) is 2. The molecule has 0 radical (unpaired) electrons. The average Bonchev–Trinajstić information content (AvgIpc) is 2.94. The number of hydrogen-bond acceptors (Lipinski definition) is 3. The molecule has 0 aromatic heterocycles. The van der Waals surface area contributed by atoms with Gasteiger partial charge in [0.15, 0.2) is 0 Å². The van der Waals surface area contributed by atoms with E-state index >= 15 is 0 Å². The van der Waals surface area contributed by atoms with Crippen molar-refractivity contribution in [2.24, 2.45) is 5.92 Å².